The van der Waals surface area contributed by atoms with Crippen LogP contribution in [0.15, 0.2) is 24.3 Å². The smallest absolute Gasteiger partial charge is 0.260 e. The molecule has 0 aliphatic rings. The number of carbonyl (C=O) groups excluding carboxylic acids is 1. The lowest BCUT2D eigenvalue weighted by Gasteiger charge is -2.27. The van der Waals surface area contributed by atoms with Crippen molar-refractivity contribution in [3.63, 3.8) is 0 Å². The average Bonchev–Trinajstić information content (AvgIpc) is 2.39. The summed E-state index contributed by atoms with van der Waals surface area (Å²) in [6.07, 6.45) is 0. The van der Waals surface area contributed by atoms with Gasteiger partial charge in [0.2, 0.25) is 0 Å². The van der Waals surface area contributed by atoms with E-state index in [1.807, 2.05) is 13.8 Å². The maximum absolute atomic E-state index is 12.1. The van der Waals surface area contributed by atoms with Crippen LogP contribution in [-0.2, 0) is 9.53 Å². The summed E-state index contributed by atoms with van der Waals surface area (Å²) >= 11 is 0. The van der Waals surface area contributed by atoms with Crippen LogP contribution in [-0.4, -0.2) is 43.7 Å². The Morgan fingerprint density at radius 1 is 1.37 bits per heavy atom. The minimum atomic E-state index is -0.0520. The molecule has 0 saturated carbocycles. The lowest BCUT2D eigenvalue weighted by Crippen LogP contribution is -2.43. The summed E-state index contributed by atoms with van der Waals surface area (Å²) in [6.45, 7) is 5.06. The molecular formula is C14H22N2O3. The van der Waals surface area contributed by atoms with Crippen molar-refractivity contribution in [2.45, 2.75) is 19.9 Å². The van der Waals surface area contributed by atoms with Crippen LogP contribution >= 0.6 is 0 Å². The third-order valence-electron chi connectivity index (χ3n) is 2.84. The number of hydrogen-bond donors (Lipinski definition) is 1. The Labute approximate surface area is 114 Å². The number of nitrogen functional groups attached to an aromatic ring is 1. The van der Waals surface area contributed by atoms with Crippen LogP contribution in [0.25, 0.3) is 0 Å². The van der Waals surface area contributed by atoms with E-state index in [0.29, 0.717) is 24.6 Å². The fraction of sp³-hybridized carbons (Fsp3) is 0.500. The quantitative estimate of drug-likeness (QED) is 0.760. The Balaban J connectivity index is 2.50. The van der Waals surface area contributed by atoms with Crippen LogP contribution in [0.2, 0.25) is 0 Å². The Morgan fingerprint density at radius 3 is 2.53 bits per heavy atom. The highest BCUT2D eigenvalue weighted by molar-refractivity contribution is 5.78. The van der Waals surface area contributed by atoms with Crippen LogP contribution in [0.1, 0.15) is 13.8 Å². The van der Waals surface area contributed by atoms with Gasteiger partial charge in [0, 0.05) is 19.3 Å². The van der Waals surface area contributed by atoms with Gasteiger partial charge in [-0.05, 0) is 38.1 Å². The Bertz CT molecular complexity index is 392. The minimum Gasteiger partial charge on any atom is -0.484 e. The molecule has 19 heavy (non-hydrogen) atoms. The molecule has 0 aromatic heterocycles. The summed E-state index contributed by atoms with van der Waals surface area (Å²) < 4.78 is 10.5. The summed E-state index contributed by atoms with van der Waals surface area (Å²) in [5.74, 6) is 0.585. The summed E-state index contributed by atoms with van der Waals surface area (Å²) in [6, 6.07) is 7.02. The third-order valence-corrected chi connectivity index (χ3v) is 2.84. The first-order chi connectivity index (χ1) is 9.08. The molecule has 1 amide bonds. The van der Waals surface area contributed by atoms with Gasteiger partial charge in [-0.3, -0.25) is 4.79 Å². The number of ether oxygens (including phenoxy) is 2. The van der Waals surface area contributed by atoms with Crippen LogP contribution in [0.5, 0.6) is 5.75 Å². The van der Waals surface area contributed by atoms with Crippen molar-refractivity contribution in [2.24, 2.45) is 0 Å². The maximum atomic E-state index is 12.1. The molecule has 0 fully saturated rings. The number of hydrogen-bond acceptors (Lipinski definition) is 4. The van der Waals surface area contributed by atoms with Crippen LogP contribution < -0.4 is 10.5 Å². The molecule has 0 saturated heterocycles. The molecule has 1 aromatic rings. The molecule has 1 aromatic carbocycles. The fourth-order valence-electron chi connectivity index (χ4n) is 1.86. The van der Waals surface area contributed by atoms with E-state index in [0.717, 1.165) is 0 Å². The highest BCUT2D eigenvalue weighted by atomic mass is 16.5. The fourth-order valence-corrected chi connectivity index (χ4v) is 1.86. The van der Waals surface area contributed by atoms with Gasteiger partial charge in [-0.15, -0.1) is 0 Å². The standard InChI is InChI=1S/C14H22N2O3/c1-4-16(11(2)9-18-3)14(17)10-19-13-7-5-12(15)6-8-13/h5-8,11H,4,9-10,15H2,1-3H3. The molecule has 5 nitrogen and oxygen atoms in total. The zero-order valence-corrected chi connectivity index (χ0v) is 11.8. The monoisotopic (exact) mass is 266 g/mol. The Morgan fingerprint density at radius 2 is 2.00 bits per heavy atom. The highest BCUT2D eigenvalue weighted by Gasteiger charge is 2.18. The number of amides is 1. The zero-order valence-electron chi connectivity index (χ0n) is 11.8. The molecule has 5 heteroatoms. The molecule has 1 unspecified atom stereocenters. The molecule has 1 rings (SSSR count). The number of nitrogens with two attached hydrogens (primary N) is 1. The molecule has 0 aliphatic heterocycles. The first kappa shape index (κ1) is 15.3. The zero-order chi connectivity index (χ0) is 14.3. The Hall–Kier alpha value is -1.75. The van der Waals surface area contributed by atoms with Gasteiger partial charge in [0.1, 0.15) is 5.75 Å². The van der Waals surface area contributed by atoms with E-state index in [1.165, 1.54) is 0 Å². The molecule has 2 N–H and O–H groups in total. The van der Waals surface area contributed by atoms with E-state index in [9.17, 15) is 4.79 Å². The van der Waals surface area contributed by atoms with Gasteiger partial charge < -0.3 is 20.1 Å². The minimum absolute atomic E-state index is 0.0197. The number of nitrogens with zero attached hydrogens (tertiary/aromatic N) is 1. The molecule has 0 heterocycles. The topological polar surface area (TPSA) is 64.8 Å². The molecule has 0 spiro atoms. The summed E-state index contributed by atoms with van der Waals surface area (Å²) in [5.41, 5.74) is 6.25. The van der Waals surface area contributed by atoms with Crippen molar-refractivity contribution in [3.05, 3.63) is 24.3 Å². The van der Waals surface area contributed by atoms with Gasteiger partial charge in [-0.1, -0.05) is 0 Å². The second-order valence-corrected chi connectivity index (χ2v) is 4.34. The van der Waals surface area contributed by atoms with Gasteiger partial charge in [-0.2, -0.15) is 0 Å². The van der Waals surface area contributed by atoms with Crippen molar-refractivity contribution in [2.75, 3.05) is 32.6 Å². The predicted octanol–water partition coefficient (Wildman–Crippen LogP) is 1.53. The second-order valence-electron chi connectivity index (χ2n) is 4.34. The lowest BCUT2D eigenvalue weighted by molar-refractivity contribution is -0.136. The number of benzene rings is 1. The molecule has 0 aliphatic carbocycles. The number of likely N-dealkylation sites (N-methyl/N-ethyl adjacent to an activating group) is 1. The number of methoxy groups -OCH3 is 1. The van der Waals surface area contributed by atoms with E-state index < -0.39 is 0 Å². The first-order valence-electron chi connectivity index (χ1n) is 6.35. The van der Waals surface area contributed by atoms with Gasteiger partial charge in [0.25, 0.3) is 5.91 Å². The van der Waals surface area contributed by atoms with Gasteiger partial charge >= 0.3 is 0 Å². The van der Waals surface area contributed by atoms with E-state index >= 15 is 0 Å². The first-order valence-corrected chi connectivity index (χ1v) is 6.35. The average molecular weight is 266 g/mol. The van der Waals surface area contributed by atoms with E-state index in [1.54, 1.807) is 36.3 Å². The van der Waals surface area contributed by atoms with Gasteiger partial charge in [-0.25, -0.2) is 0 Å². The number of rotatable bonds is 7. The Kier molecular flexibility index (Phi) is 6.15. The van der Waals surface area contributed by atoms with Gasteiger partial charge in [0.15, 0.2) is 6.61 Å². The van der Waals surface area contributed by atoms with Crippen LogP contribution in [0, 0.1) is 0 Å². The summed E-state index contributed by atoms with van der Waals surface area (Å²) in [7, 11) is 1.62. The van der Waals surface area contributed by atoms with Crippen LogP contribution in [0.4, 0.5) is 5.69 Å². The van der Waals surface area contributed by atoms with Crippen LogP contribution in [0.3, 0.4) is 0 Å². The second kappa shape index (κ2) is 7.63. The van der Waals surface area contributed by atoms with E-state index in [2.05, 4.69) is 0 Å². The maximum Gasteiger partial charge on any atom is 0.260 e. The lowest BCUT2D eigenvalue weighted by atomic mass is 10.3. The largest absolute Gasteiger partial charge is 0.484 e. The van der Waals surface area contributed by atoms with E-state index in [4.69, 9.17) is 15.2 Å². The normalized spacial score (nSPS) is 11.9. The van der Waals surface area contributed by atoms with Crippen molar-refractivity contribution in [1.29, 1.82) is 0 Å². The predicted molar refractivity (Wildman–Crippen MR) is 75.1 cm³/mol. The van der Waals surface area contributed by atoms with Crippen molar-refractivity contribution >= 4 is 11.6 Å². The molecule has 0 radical (unpaired) electrons. The number of carbonyl (C=O) groups is 1. The van der Waals surface area contributed by atoms with E-state index in [-0.39, 0.29) is 18.6 Å². The summed E-state index contributed by atoms with van der Waals surface area (Å²) in [5, 5.41) is 0. The molecule has 0 bridgehead atoms. The van der Waals surface area contributed by atoms with Crippen molar-refractivity contribution < 1.29 is 14.3 Å². The number of anilines is 1. The summed E-state index contributed by atoms with van der Waals surface area (Å²) in [4.78, 5) is 13.8. The van der Waals surface area contributed by atoms with Gasteiger partial charge in [0.05, 0.1) is 12.6 Å². The van der Waals surface area contributed by atoms with Crippen molar-refractivity contribution in [3.8, 4) is 5.75 Å². The molecule has 1 atom stereocenters. The SMILES string of the molecule is CCN(C(=O)COc1ccc(N)cc1)C(C)COC. The van der Waals surface area contributed by atoms with Crippen molar-refractivity contribution in [1.82, 2.24) is 4.90 Å². The molecule has 106 valence electrons. The third kappa shape index (κ3) is 4.79. The highest BCUT2D eigenvalue weighted by Crippen LogP contribution is 2.13. The molecular weight excluding hydrogens is 244 g/mol.